The van der Waals surface area contributed by atoms with E-state index in [4.69, 9.17) is 0 Å². The molecule has 0 unspecified atom stereocenters. The lowest BCUT2D eigenvalue weighted by Crippen LogP contribution is -2.31. The zero-order valence-corrected chi connectivity index (χ0v) is 14.4. The zero-order valence-electron chi connectivity index (χ0n) is 14.4. The van der Waals surface area contributed by atoms with Crippen molar-refractivity contribution < 1.29 is 9.59 Å². The SMILES string of the molecule is CC(=O)c1ccc(C(=O)NCc2ccnc(N3CCCCC3)n2)cc1. The zero-order chi connectivity index (χ0) is 17.6. The van der Waals surface area contributed by atoms with Crippen molar-refractivity contribution in [1.82, 2.24) is 15.3 Å². The minimum atomic E-state index is -0.187. The van der Waals surface area contributed by atoms with Crippen molar-refractivity contribution in [1.29, 1.82) is 0 Å². The van der Waals surface area contributed by atoms with Gasteiger partial charge in [0, 0.05) is 30.4 Å². The van der Waals surface area contributed by atoms with Crippen LogP contribution in [0.25, 0.3) is 0 Å². The van der Waals surface area contributed by atoms with E-state index in [-0.39, 0.29) is 11.7 Å². The molecule has 1 aromatic heterocycles. The van der Waals surface area contributed by atoms with E-state index in [2.05, 4.69) is 20.2 Å². The van der Waals surface area contributed by atoms with Gasteiger partial charge in [0.1, 0.15) is 0 Å². The smallest absolute Gasteiger partial charge is 0.251 e. The van der Waals surface area contributed by atoms with Crippen LogP contribution in [0.2, 0.25) is 0 Å². The molecular formula is C19H22N4O2. The molecule has 1 aliphatic heterocycles. The highest BCUT2D eigenvalue weighted by atomic mass is 16.1. The van der Waals surface area contributed by atoms with E-state index in [9.17, 15) is 9.59 Å². The van der Waals surface area contributed by atoms with Crippen LogP contribution in [0, 0.1) is 0 Å². The first-order valence-electron chi connectivity index (χ1n) is 8.59. The maximum absolute atomic E-state index is 12.2. The molecule has 2 heterocycles. The monoisotopic (exact) mass is 338 g/mol. The minimum absolute atomic E-state index is 0.0156. The molecule has 1 N–H and O–H groups in total. The average Bonchev–Trinajstić information content (AvgIpc) is 2.67. The van der Waals surface area contributed by atoms with Gasteiger partial charge in [0.05, 0.1) is 12.2 Å². The second kappa shape index (κ2) is 7.88. The van der Waals surface area contributed by atoms with Crippen molar-refractivity contribution in [3.05, 3.63) is 53.3 Å². The molecule has 3 rings (SSSR count). The number of piperidine rings is 1. The van der Waals surface area contributed by atoms with Gasteiger partial charge in [-0.15, -0.1) is 0 Å². The molecule has 0 spiro atoms. The van der Waals surface area contributed by atoms with Crippen molar-refractivity contribution in [3.63, 3.8) is 0 Å². The Morgan fingerprint density at radius 3 is 2.40 bits per heavy atom. The minimum Gasteiger partial charge on any atom is -0.346 e. The van der Waals surface area contributed by atoms with Crippen LogP contribution in [0.3, 0.4) is 0 Å². The normalized spacial score (nSPS) is 14.2. The molecule has 0 saturated carbocycles. The molecule has 1 fully saturated rings. The molecule has 6 heteroatoms. The number of aromatic nitrogens is 2. The van der Waals surface area contributed by atoms with E-state index < -0.39 is 0 Å². The lowest BCUT2D eigenvalue weighted by atomic mass is 10.1. The van der Waals surface area contributed by atoms with Gasteiger partial charge in [0.25, 0.3) is 5.91 Å². The largest absolute Gasteiger partial charge is 0.346 e. The number of hydrogen-bond acceptors (Lipinski definition) is 5. The van der Waals surface area contributed by atoms with Crippen LogP contribution >= 0.6 is 0 Å². The summed E-state index contributed by atoms with van der Waals surface area (Å²) in [7, 11) is 0. The van der Waals surface area contributed by atoms with Crippen molar-refractivity contribution >= 4 is 17.6 Å². The molecule has 6 nitrogen and oxygen atoms in total. The Morgan fingerprint density at radius 2 is 1.72 bits per heavy atom. The topological polar surface area (TPSA) is 75.2 Å². The number of rotatable bonds is 5. The summed E-state index contributed by atoms with van der Waals surface area (Å²) < 4.78 is 0. The van der Waals surface area contributed by atoms with Crippen molar-refractivity contribution in [2.24, 2.45) is 0 Å². The second-order valence-corrected chi connectivity index (χ2v) is 6.21. The Balaban J connectivity index is 1.61. The summed E-state index contributed by atoms with van der Waals surface area (Å²) in [5.41, 5.74) is 1.90. The Labute approximate surface area is 147 Å². The third-order valence-electron chi connectivity index (χ3n) is 4.32. The van der Waals surface area contributed by atoms with Gasteiger partial charge in [-0.1, -0.05) is 12.1 Å². The number of nitrogens with zero attached hydrogens (tertiary/aromatic N) is 3. The summed E-state index contributed by atoms with van der Waals surface area (Å²) in [6.07, 6.45) is 5.33. The maximum Gasteiger partial charge on any atom is 0.251 e. The quantitative estimate of drug-likeness (QED) is 0.848. The van der Waals surface area contributed by atoms with Crippen LogP contribution in [-0.4, -0.2) is 34.7 Å². The number of anilines is 1. The Bertz CT molecular complexity index is 752. The van der Waals surface area contributed by atoms with Crippen LogP contribution in [0.15, 0.2) is 36.5 Å². The summed E-state index contributed by atoms with van der Waals surface area (Å²) in [5, 5.41) is 2.86. The van der Waals surface area contributed by atoms with E-state index in [1.54, 1.807) is 30.5 Å². The highest BCUT2D eigenvalue weighted by Crippen LogP contribution is 2.15. The first kappa shape index (κ1) is 17.1. The number of carbonyl (C=O) groups excluding carboxylic acids is 2. The number of amides is 1. The van der Waals surface area contributed by atoms with Crippen molar-refractivity contribution in [3.8, 4) is 0 Å². The third-order valence-corrected chi connectivity index (χ3v) is 4.32. The predicted molar refractivity (Wildman–Crippen MR) is 95.7 cm³/mol. The van der Waals surface area contributed by atoms with E-state index in [1.165, 1.54) is 26.2 Å². The summed E-state index contributed by atoms with van der Waals surface area (Å²) in [6.45, 7) is 3.82. The number of Topliss-reactive ketones (excluding diaryl/α,β-unsaturated/α-hetero) is 1. The van der Waals surface area contributed by atoms with Gasteiger partial charge in [-0.2, -0.15) is 0 Å². The van der Waals surface area contributed by atoms with Crippen LogP contribution in [0.5, 0.6) is 0 Å². The van der Waals surface area contributed by atoms with Gasteiger partial charge < -0.3 is 10.2 Å². The second-order valence-electron chi connectivity index (χ2n) is 6.21. The number of nitrogens with one attached hydrogen (secondary N) is 1. The number of benzene rings is 1. The third kappa shape index (κ3) is 4.41. The maximum atomic E-state index is 12.2. The Kier molecular flexibility index (Phi) is 5.38. The fraction of sp³-hybridized carbons (Fsp3) is 0.368. The first-order chi connectivity index (χ1) is 12.1. The lowest BCUT2D eigenvalue weighted by Gasteiger charge is -2.26. The van der Waals surface area contributed by atoms with E-state index >= 15 is 0 Å². The van der Waals surface area contributed by atoms with Crippen LogP contribution < -0.4 is 10.2 Å². The summed E-state index contributed by atoms with van der Waals surface area (Å²) in [4.78, 5) is 34.6. The molecule has 1 saturated heterocycles. The highest BCUT2D eigenvalue weighted by Gasteiger charge is 2.14. The fourth-order valence-electron chi connectivity index (χ4n) is 2.86. The standard InChI is InChI=1S/C19H22N4O2/c1-14(24)15-5-7-16(8-6-15)18(25)21-13-17-9-10-20-19(22-17)23-11-3-2-4-12-23/h5-10H,2-4,11-13H2,1H3,(H,21,25). The Hall–Kier alpha value is -2.76. The average molecular weight is 338 g/mol. The molecule has 0 radical (unpaired) electrons. The van der Waals surface area contributed by atoms with Gasteiger partial charge in [0.15, 0.2) is 5.78 Å². The number of ketones is 1. The van der Waals surface area contributed by atoms with Gasteiger partial charge >= 0.3 is 0 Å². The molecular weight excluding hydrogens is 316 g/mol. The molecule has 130 valence electrons. The summed E-state index contributed by atoms with van der Waals surface area (Å²) in [5.74, 6) is 0.531. The number of hydrogen-bond donors (Lipinski definition) is 1. The van der Waals surface area contributed by atoms with E-state index in [0.29, 0.717) is 17.7 Å². The molecule has 25 heavy (non-hydrogen) atoms. The van der Waals surface area contributed by atoms with Crippen LogP contribution in [0.4, 0.5) is 5.95 Å². The van der Waals surface area contributed by atoms with Gasteiger partial charge in [0.2, 0.25) is 5.95 Å². The van der Waals surface area contributed by atoms with Gasteiger partial charge in [-0.3, -0.25) is 9.59 Å². The molecule has 0 aliphatic carbocycles. The van der Waals surface area contributed by atoms with Crippen LogP contribution in [0.1, 0.15) is 52.6 Å². The molecule has 0 bridgehead atoms. The molecule has 1 amide bonds. The fourth-order valence-corrected chi connectivity index (χ4v) is 2.86. The van der Waals surface area contributed by atoms with E-state index in [1.807, 2.05) is 6.07 Å². The Morgan fingerprint density at radius 1 is 1.04 bits per heavy atom. The summed E-state index contributed by atoms with van der Waals surface area (Å²) in [6, 6.07) is 8.45. The molecule has 2 aromatic rings. The van der Waals surface area contributed by atoms with E-state index in [0.717, 1.165) is 24.7 Å². The molecule has 1 aromatic carbocycles. The molecule has 0 atom stereocenters. The van der Waals surface area contributed by atoms with Crippen molar-refractivity contribution in [2.45, 2.75) is 32.7 Å². The van der Waals surface area contributed by atoms with Gasteiger partial charge in [-0.05, 0) is 44.4 Å². The lowest BCUT2D eigenvalue weighted by molar-refractivity contribution is 0.0948. The summed E-state index contributed by atoms with van der Waals surface area (Å²) >= 11 is 0. The number of carbonyl (C=O) groups is 2. The van der Waals surface area contributed by atoms with Crippen LogP contribution in [-0.2, 0) is 6.54 Å². The van der Waals surface area contributed by atoms with Crippen molar-refractivity contribution in [2.75, 3.05) is 18.0 Å². The molecule has 1 aliphatic rings. The first-order valence-corrected chi connectivity index (χ1v) is 8.59. The predicted octanol–water partition coefficient (Wildman–Crippen LogP) is 2.60. The van der Waals surface area contributed by atoms with Gasteiger partial charge in [-0.25, -0.2) is 9.97 Å². The highest BCUT2D eigenvalue weighted by molar-refractivity contribution is 5.97.